The van der Waals surface area contributed by atoms with E-state index in [1.165, 1.54) is 11.1 Å². The summed E-state index contributed by atoms with van der Waals surface area (Å²) in [5, 5.41) is 0.966. The van der Waals surface area contributed by atoms with E-state index in [1.807, 2.05) is 29.2 Å². The molecule has 0 atom stereocenters. The van der Waals surface area contributed by atoms with Crippen LogP contribution < -0.4 is 4.74 Å². The van der Waals surface area contributed by atoms with Gasteiger partial charge in [-0.1, -0.05) is 49.9 Å². The zero-order chi connectivity index (χ0) is 21.8. The van der Waals surface area contributed by atoms with E-state index < -0.39 is 0 Å². The van der Waals surface area contributed by atoms with Crippen LogP contribution >= 0.6 is 0 Å². The number of ether oxygens (including phenoxy) is 1. The predicted octanol–water partition coefficient (Wildman–Crippen LogP) is 4.34. The Morgan fingerprint density at radius 3 is 2.58 bits per heavy atom. The molecule has 1 amide bonds. The van der Waals surface area contributed by atoms with Crippen LogP contribution in [0.25, 0.3) is 10.9 Å². The highest BCUT2D eigenvalue weighted by molar-refractivity contribution is 6.00. The van der Waals surface area contributed by atoms with Gasteiger partial charge in [-0.2, -0.15) is 0 Å². The van der Waals surface area contributed by atoms with Crippen molar-refractivity contribution in [2.75, 3.05) is 39.3 Å². The molecule has 0 unspecified atom stereocenters. The number of amides is 1. The minimum Gasteiger partial charge on any atom is -0.489 e. The summed E-state index contributed by atoms with van der Waals surface area (Å²) in [6.07, 6.45) is 1.74. The Balaban J connectivity index is 1.76. The molecule has 31 heavy (non-hydrogen) atoms. The molecule has 1 fully saturated rings. The van der Waals surface area contributed by atoms with E-state index in [-0.39, 0.29) is 5.91 Å². The zero-order valence-electron chi connectivity index (χ0n) is 18.5. The SMILES string of the molecule is C=CCOc1cccc2c1cc(C(=O)N1CCN(CC)CC1)n2Cc1ccccc1C. The normalized spacial score (nSPS) is 14.7. The van der Waals surface area contributed by atoms with Crippen LogP contribution in [0.2, 0.25) is 0 Å². The maximum atomic E-state index is 13.6. The molecule has 0 aliphatic carbocycles. The van der Waals surface area contributed by atoms with Crippen LogP contribution in [0.5, 0.6) is 5.75 Å². The molecule has 3 aromatic rings. The molecule has 5 heteroatoms. The second-order valence-electron chi connectivity index (χ2n) is 8.06. The summed E-state index contributed by atoms with van der Waals surface area (Å²) in [4.78, 5) is 18.0. The molecule has 5 nitrogen and oxygen atoms in total. The Morgan fingerprint density at radius 1 is 1.10 bits per heavy atom. The van der Waals surface area contributed by atoms with Crippen molar-refractivity contribution in [1.82, 2.24) is 14.4 Å². The van der Waals surface area contributed by atoms with Crippen LogP contribution in [0, 0.1) is 6.92 Å². The van der Waals surface area contributed by atoms with Crippen molar-refractivity contribution in [2.45, 2.75) is 20.4 Å². The van der Waals surface area contributed by atoms with Crippen molar-refractivity contribution in [3.63, 3.8) is 0 Å². The molecule has 2 heterocycles. The minimum atomic E-state index is 0.0928. The molecule has 0 saturated carbocycles. The first-order chi connectivity index (χ1) is 15.1. The van der Waals surface area contributed by atoms with Crippen molar-refractivity contribution in [3.8, 4) is 5.75 Å². The number of likely N-dealkylation sites (N-methyl/N-ethyl adjacent to an activating group) is 1. The lowest BCUT2D eigenvalue weighted by atomic mass is 10.1. The lowest BCUT2D eigenvalue weighted by Gasteiger charge is -2.34. The molecule has 0 bridgehead atoms. The highest BCUT2D eigenvalue weighted by Crippen LogP contribution is 2.31. The minimum absolute atomic E-state index is 0.0928. The molecule has 0 N–H and O–H groups in total. The standard InChI is InChI=1S/C26H31N3O2/c1-4-17-31-25-12-8-11-23-22(25)18-24(26(30)28-15-13-27(5-2)14-16-28)29(23)19-21-10-7-6-9-20(21)3/h4,6-12,18H,1,5,13-17,19H2,2-3H3. The fraction of sp³-hybridized carbons (Fsp3) is 0.346. The van der Waals surface area contributed by atoms with Gasteiger partial charge in [0.2, 0.25) is 0 Å². The number of nitrogens with zero attached hydrogens (tertiary/aromatic N) is 3. The molecule has 1 aliphatic rings. The molecular weight excluding hydrogens is 386 g/mol. The van der Waals surface area contributed by atoms with Crippen LogP contribution in [0.1, 0.15) is 28.5 Å². The number of carbonyl (C=O) groups excluding carboxylic acids is 1. The molecule has 162 valence electrons. The number of rotatable bonds is 7. The van der Waals surface area contributed by atoms with Gasteiger partial charge >= 0.3 is 0 Å². The average molecular weight is 418 g/mol. The van der Waals surface area contributed by atoms with E-state index in [0.29, 0.717) is 13.2 Å². The van der Waals surface area contributed by atoms with Crippen LogP contribution in [-0.4, -0.2) is 59.6 Å². The topological polar surface area (TPSA) is 37.7 Å². The van der Waals surface area contributed by atoms with E-state index in [1.54, 1.807) is 6.08 Å². The third-order valence-corrected chi connectivity index (χ3v) is 6.18. The number of aromatic nitrogens is 1. The smallest absolute Gasteiger partial charge is 0.270 e. The predicted molar refractivity (Wildman–Crippen MR) is 126 cm³/mol. The summed E-state index contributed by atoms with van der Waals surface area (Å²) >= 11 is 0. The molecule has 0 spiro atoms. The van der Waals surface area contributed by atoms with Crippen LogP contribution in [0.4, 0.5) is 0 Å². The fourth-order valence-corrected chi connectivity index (χ4v) is 4.27. The van der Waals surface area contributed by atoms with E-state index in [0.717, 1.165) is 55.1 Å². The molecule has 1 aliphatic heterocycles. The summed E-state index contributed by atoms with van der Waals surface area (Å²) < 4.78 is 8.05. The van der Waals surface area contributed by atoms with E-state index in [9.17, 15) is 4.79 Å². The van der Waals surface area contributed by atoms with Gasteiger partial charge in [0.15, 0.2) is 0 Å². The Labute approximate surface area is 184 Å². The average Bonchev–Trinajstić information content (AvgIpc) is 3.17. The molecule has 0 radical (unpaired) electrons. The Kier molecular flexibility index (Phi) is 6.42. The lowest BCUT2D eigenvalue weighted by molar-refractivity contribution is 0.0633. The number of hydrogen-bond acceptors (Lipinski definition) is 3. The second kappa shape index (κ2) is 9.40. The quantitative estimate of drug-likeness (QED) is 0.537. The number of piperazine rings is 1. The zero-order valence-corrected chi connectivity index (χ0v) is 18.5. The van der Waals surface area contributed by atoms with Gasteiger partial charge in [0.25, 0.3) is 5.91 Å². The highest BCUT2D eigenvalue weighted by Gasteiger charge is 2.26. The summed E-state index contributed by atoms with van der Waals surface area (Å²) in [7, 11) is 0. The number of fused-ring (bicyclic) bond motifs is 1. The van der Waals surface area contributed by atoms with E-state index in [4.69, 9.17) is 4.74 Å². The molecule has 1 saturated heterocycles. The Hall–Kier alpha value is -3.05. The largest absolute Gasteiger partial charge is 0.489 e. The molecule has 2 aromatic carbocycles. The van der Waals surface area contributed by atoms with Crippen molar-refractivity contribution in [1.29, 1.82) is 0 Å². The van der Waals surface area contributed by atoms with Gasteiger partial charge in [-0.3, -0.25) is 4.79 Å². The second-order valence-corrected chi connectivity index (χ2v) is 8.06. The summed E-state index contributed by atoms with van der Waals surface area (Å²) in [5.41, 5.74) is 4.17. The van der Waals surface area contributed by atoms with Crippen LogP contribution in [-0.2, 0) is 6.54 Å². The highest BCUT2D eigenvalue weighted by atomic mass is 16.5. The Bertz CT molecular complexity index is 1080. The third-order valence-electron chi connectivity index (χ3n) is 6.18. The fourth-order valence-electron chi connectivity index (χ4n) is 4.27. The summed E-state index contributed by atoms with van der Waals surface area (Å²) in [6.45, 7) is 13.5. The van der Waals surface area contributed by atoms with Crippen molar-refractivity contribution in [3.05, 3.63) is 78.0 Å². The van der Waals surface area contributed by atoms with E-state index >= 15 is 0 Å². The van der Waals surface area contributed by atoms with Gasteiger partial charge in [0.1, 0.15) is 18.1 Å². The number of carbonyl (C=O) groups is 1. The van der Waals surface area contributed by atoms with Crippen molar-refractivity contribution >= 4 is 16.8 Å². The monoisotopic (exact) mass is 417 g/mol. The van der Waals surface area contributed by atoms with Gasteiger partial charge in [0.05, 0.1) is 5.52 Å². The summed E-state index contributed by atoms with van der Waals surface area (Å²) in [6, 6.07) is 16.4. The molecule has 1 aromatic heterocycles. The number of benzene rings is 2. The lowest BCUT2D eigenvalue weighted by Crippen LogP contribution is -2.48. The summed E-state index contributed by atoms with van der Waals surface area (Å²) in [5.74, 6) is 0.876. The van der Waals surface area contributed by atoms with Gasteiger partial charge in [-0.25, -0.2) is 0 Å². The first kappa shape index (κ1) is 21.2. The van der Waals surface area contributed by atoms with Gasteiger partial charge in [-0.15, -0.1) is 0 Å². The first-order valence-corrected chi connectivity index (χ1v) is 11.0. The van der Waals surface area contributed by atoms with Gasteiger partial charge in [0, 0.05) is 38.1 Å². The van der Waals surface area contributed by atoms with Gasteiger partial charge in [-0.05, 0) is 42.8 Å². The number of hydrogen-bond donors (Lipinski definition) is 0. The Morgan fingerprint density at radius 2 is 1.87 bits per heavy atom. The number of aryl methyl sites for hydroxylation is 1. The molecule has 4 rings (SSSR count). The maximum Gasteiger partial charge on any atom is 0.270 e. The maximum absolute atomic E-state index is 13.6. The van der Waals surface area contributed by atoms with Crippen LogP contribution in [0.15, 0.2) is 61.2 Å². The van der Waals surface area contributed by atoms with E-state index in [2.05, 4.69) is 54.2 Å². The van der Waals surface area contributed by atoms with Gasteiger partial charge < -0.3 is 19.1 Å². The third kappa shape index (κ3) is 4.37. The van der Waals surface area contributed by atoms with Crippen molar-refractivity contribution in [2.24, 2.45) is 0 Å². The van der Waals surface area contributed by atoms with Crippen LogP contribution in [0.3, 0.4) is 0 Å². The van der Waals surface area contributed by atoms with Crippen molar-refractivity contribution < 1.29 is 9.53 Å². The molecular formula is C26H31N3O2. The first-order valence-electron chi connectivity index (χ1n) is 11.0.